The van der Waals surface area contributed by atoms with E-state index in [2.05, 4.69) is 5.32 Å². The lowest BCUT2D eigenvalue weighted by Crippen LogP contribution is -2.53. The van der Waals surface area contributed by atoms with Gasteiger partial charge < -0.3 is 10.2 Å². The Morgan fingerprint density at radius 1 is 0.929 bits per heavy atom. The van der Waals surface area contributed by atoms with Crippen molar-refractivity contribution in [2.45, 2.75) is 76.4 Å². The van der Waals surface area contributed by atoms with Gasteiger partial charge in [-0.15, -0.1) is 0 Å². The van der Waals surface area contributed by atoms with E-state index in [-0.39, 0.29) is 39.1 Å². The number of benzene rings is 3. The summed E-state index contributed by atoms with van der Waals surface area (Å²) >= 11 is 12.8. The smallest absolute Gasteiger partial charge is 0.264 e. The predicted molar refractivity (Wildman–Crippen MR) is 168 cm³/mol. The van der Waals surface area contributed by atoms with E-state index in [0.717, 1.165) is 53.1 Å². The van der Waals surface area contributed by atoms with Gasteiger partial charge in [0.2, 0.25) is 11.8 Å². The van der Waals surface area contributed by atoms with Gasteiger partial charge in [-0.3, -0.25) is 13.9 Å². The van der Waals surface area contributed by atoms with E-state index >= 15 is 0 Å². The van der Waals surface area contributed by atoms with Gasteiger partial charge in [-0.25, -0.2) is 8.42 Å². The molecule has 1 N–H and O–H groups in total. The van der Waals surface area contributed by atoms with E-state index in [1.807, 2.05) is 38.1 Å². The van der Waals surface area contributed by atoms with Crippen LogP contribution in [0.1, 0.15) is 55.7 Å². The van der Waals surface area contributed by atoms with Crippen molar-refractivity contribution in [1.29, 1.82) is 0 Å². The normalized spacial score (nSPS) is 14.7. The molecule has 0 heterocycles. The summed E-state index contributed by atoms with van der Waals surface area (Å²) in [6.45, 7) is 5.03. The van der Waals surface area contributed by atoms with Gasteiger partial charge in [0.15, 0.2) is 0 Å². The van der Waals surface area contributed by atoms with Crippen molar-refractivity contribution in [3.05, 3.63) is 93.5 Å². The lowest BCUT2D eigenvalue weighted by Gasteiger charge is -2.33. The maximum absolute atomic E-state index is 14.1. The molecule has 0 radical (unpaired) electrons. The monoisotopic (exact) mass is 629 g/mol. The van der Waals surface area contributed by atoms with Gasteiger partial charge in [0.1, 0.15) is 12.6 Å². The quantitative estimate of drug-likeness (QED) is 0.271. The highest BCUT2D eigenvalue weighted by atomic mass is 35.5. The van der Waals surface area contributed by atoms with Crippen LogP contribution in [0.5, 0.6) is 0 Å². The number of aryl methyl sites for hydroxylation is 2. The van der Waals surface area contributed by atoms with Crippen molar-refractivity contribution in [2.24, 2.45) is 0 Å². The summed E-state index contributed by atoms with van der Waals surface area (Å²) in [4.78, 5) is 29.0. The molecule has 42 heavy (non-hydrogen) atoms. The first-order valence-corrected chi connectivity index (χ1v) is 16.4. The van der Waals surface area contributed by atoms with Crippen molar-refractivity contribution < 1.29 is 18.0 Å². The number of anilines is 1. The molecule has 0 aromatic heterocycles. The van der Waals surface area contributed by atoms with Crippen molar-refractivity contribution >= 4 is 50.7 Å². The SMILES string of the molecule is Cc1ccc(S(=O)(=O)N(CC(=O)N(Cc2cccc(C)c2)C(C)C(=O)NC2CCCCC2)c2cccc(Cl)c2Cl)cc1. The first-order chi connectivity index (χ1) is 20.0. The molecule has 1 aliphatic carbocycles. The topological polar surface area (TPSA) is 86.8 Å². The standard InChI is InChI=1S/C32H37Cl2N3O4S/c1-22-15-17-27(18-16-22)42(40,41)37(29-14-8-13-28(33)31(29)34)21-30(38)36(20-25-10-7-9-23(2)19-25)24(3)32(39)35-26-11-5-4-6-12-26/h7-10,13-19,24,26H,4-6,11-12,20-21H2,1-3H3,(H,35,39). The number of sulfonamides is 1. The minimum Gasteiger partial charge on any atom is -0.352 e. The Hall–Kier alpha value is -3.07. The van der Waals surface area contributed by atoms with Crippen molar-refractivity contribution in [3.63, 3.8) is 0 Å². The van der Waals surface area contributed by atoms with E-state index in [1.54, 1.807) is 31.2 Å². The molecule has 3 aromatic rings. The summed E-state index contributed by atoms with van der Waals surface area (Å²) in [5.74, 6) is -0.814. The third-order valence-electron chi connectivity index (χ3n) is 7.64. The number of amides is 2. The molecule has 1 aliphatic rings. The summed E-state index contributed by atoms with van der Waals surface area (Å²) in [6.07, 6.45) is 5.06. The molecule has 10 heteroatoms. The van der Waals surface area contributed by atoms with E-state index in [0.29, 0.717) is 0 Å². The van der Waals surface area contributed by atoms with Gasteiger partial charge in [-0.1, -0.05) is 96.1 Å². The second-order valence-corrected chi connectivity index (χ2v) is 13.6. The largest absolute Gasteiger partial charge is 0.352 e. The highest BCUT2D eigenvalue weighted by molar-refractivity contribution is 7.92. The maximum Gasteiger partial charge on any atom is 0.264 e. The third kappa shape index (κ3) is 7.65. The Labute approximate surface area is 258 Å². The Kier molecular flexibility index (Phi) is 10.6. The summed E-state index contributed by atoms with van der Waals surface area (Å²) in [7, 11) is -4.24. The first-order valence-electron chi connectivity index (χ1n) is 14.2. The van der Waals surface area contributed by atoms with Crippen molar-refractivity contribution in [1.82, 2.24) is 10.2 Å². The molecule has 0 aliphatic heterocycles. The first kappa shape index (κ1) is 31.9. The fourth-order valence-electron chi connectivity index (χ4n) is 5.19. The fourth-order valence-corrected chi connectivity index (χ4v) is 7.07. The number of carbonyl (C=O) groups excluding carboxylic acids is 2. The number of hydrogen-bond donors (Lipinski definition) is 1. The van der Waals surface area contributed by atoms with Crippen LogP contribution in [-0.4, -0.2) is 43.8 Å². The lowest BCUT2D eigenvalue weighted by atomic mass is 9.95. The highest BCUT2D eigenvalue weighted by Gasteiger charge is 2.34. The van der Waals surface area contributed by atoms with E-state index in [1.165, 1.54) is 23.1 Å². The van der Waals surface area contributed by atoms with Crippen LogP contribution in [0.4, 0.5) is 5.69 Å². The van der Waals surface area contributed by atoms with Crippen LogP contribution in [-0.2, 0) is 26.2 Å². The minimum atomic E-state index is -4.24. The van der Waals surface area contributed by atoms with Crippen LogP contribution in [0.3, 0.4) is 0 Å². The molecule has 7 nitrogen and oxygen atoms in total. The molecule has 1 fully saturated rings. The van der Waals surface area contributed by atoms with Crippen LogP contribution in [0.25, 0.3) is 0 Å². The molecule has 0 saturated heterocycles. The van der Waals surface area contributed by atoms with Gasteiger partial charge >= 0.3 is 0 Å². The van der Waals surface area contributed by atoms with E-state index in [4.69, 9.17) is 23.2 Å². The Morgan fingerprint density at radius 3 is 2.26 bits per heavy atom. The zero-order chi connectivity index (χ0) is 30.4. The van der Waals surface area contributed by atoms with Crippen LogP contribution in [0.2, 0.25) is 10.0 Å². The van der Waals surface area contributed by atoms with Gasteiger partial charge in [0.05, 0.1) is 20.6 Å². The molecule has 4 rings (SSSR count). The van der Waals surface area contributed by atoms with Gasteiger partial charge in [0.25, 0.3) is 10.0 Å². The average Bonchev–Trinajstić information content (AvgIpc) is 2.96. The second kappa shape index (κ2) is 13.9. The molecule has 1 atom stereocenters. The molecule has 0 spiro atoms. The fraction of sp³-hybridized carbons (Fsp3) is 0.375. The van der Waals surface area contributed by atoms with Crippen LogP contribution < -0.4 is 9.62 Å². The molecule has 224 valence electrons. The zero-order valence-corrected chi connectivity index (χ0v) is 26.5. The molecule has 2 amide bonds. The van der Waals surface area contributed by atoms with E-state index in [9.17, 15) is 18.0 Å². The number of carbonyl (C=O) groups is 2. The average molecular weight is 631 g/mol. The Bertz CT molecular complexity index is 1520. The molecule has 1 saturated carbocycles. The number of rotatable bonds is 10. The summed E-state index contributed by atoms with van der Waals surface area (Å²) < 4.78 is 29.0. The molecule has 0 bridgehead atoms. The molecule has 3 aromatic carbocycles. The number of halogens is 2. The minimum absolute atomic E-state index is 0.00488. The summed E-state index contributed by atoms with van der Waals surface area (Å²) in [5, 5.41) is 3.28. The van der Waals surface area contributed by atoms with Crippen LogP contribution >= 0.6 is 23.2 Å². The number of nitrogens with zero attached hydrogens (tertiary/aromatic N) is 2. The van der Waals surface area contributed by atoms with E-state index < -0.39 is 28.5 Å². The molecule has 1 unspecified atom stereocenters. The lowest BCUT2D eigenvalue weighted by molar-refractivity contribution is -0.139. The summed E-state index contributed by atoms with van der Waals surface area (Å²) in [6, 6.07) is 17.9. The zero-order valence-electron chi connectivity index (χ0n) is 24.1. The molecular formula is C32H37Cl2N3O4S. The number of nitrogens with one attached hydrogen (secondary N) is 1. The highest BCUT2D eigenvalue weighted by Crippen LogP contribution is 2.35. The Balaban J connectivity index is 1.71. The van der Waals surface area contributed by atoms with Crippen molar-refractivity contribution in [2.75, 3.05) is 10.8 Å². The van der Waals surface area contributed by atoms with Gasteiger partial charge in [-0.05, 0) is 63.4 Å². The Morgan fingerprint density at radius 2 is 1.60 bits per heavy atom. The second-order valence-electron chi connectivity index (χ2n) is 10.9. The number of hydrogen-bond acceptors (Lipinski definition) is 4. The van der Waals surface area contributed by atoms with Gasteiger partial charge in [-0.2, -0.15) is 0 Å². The summed E-state index contributed by atoms with van der Waals surface area (Å²) in [5.41, 5.74) is 2.80. The predicted octanol–water partition coefficient (Wildman–Crippen LogP) is 6.67. The maximum atomic E-state index is 14.1. The third-order valence-corrected chi connectivity index (χ3v) is 10.2. The molecular weight excluding hydrogens is 593 g/mol. The van der Waals surface area contributed by atoms with Crippen molar-refractivity contribution in [3.8, 4) is 0 Å². The van der Waals surface area contributed by atoms with Gasteiger partial charge in [0, 0.05) is 12.6 Å². The van der Waals surface area contributed by atoms with Crippen LogP contribution in [0.15, 0.2) is 71.6 Å². The van der Waals surface area contributed by atoms with Crippen LogP contribution in [0, 0.1) is 13.8 Å².